The van der Waals surface area contributed by atoms with Crippen molar-refractivity contribution in [3.63, 3.8) is 0 Å². The Morgan fingerprint density at radius 1 is 1.35 bits per heavy atom. The summed E-state index contributed by atoms with van der Waals surface area (Å²) in [6.07, 6.45) is 2.25. The lowest BCUT2D eigenvalue weighted by molar-refractivity contribution is -0.142. The Balaban J connectivity index is 2.57. The summed E-state index contributed by atoms with van der Waals surface area (Å²) in [4.78, 5) is 41.5. The van der Waals surface area contributed by atoms with E-state index in [0.717, 1.165) is 0 Å². The predicted octanol–water partition coefficient (Wildman–Crippen LogP) is 0.435. The first kappa shape index (κ1) is 18.5. The Labute approximate surface area is 133 Å². The summed E-state index contributed by atoms with van der Waals surface area (Å²) >= 11 is 0. The molecule has 9 heteroatoms. The molecule has 0 aliphatic carbocycles. The van der Waals surface area contributed by atoms with E-state index in [0.29, 0.717) is 5.69 Å². The van der Waals surface area contributed by atoms with E-state index >= 15 is 0 Å². The zero-order chi connectivity index (χ0) is 17.6. The van der Waals surface area contributed by atoms with Crippen molar-refractivity contribution in [1.82, 2.24) is 20.6 Å². The quantitative estimate of drug-likeness (QED) is 0.599. The van der Waals surface area contributed by atoms with Gasteiger partial charge in [0.05, 0.1) is 12.0 Å². The van der Waals surface area contributed by atoms with Gasteiger partial charge in [0.2, 0.25) is 5.91 Å². The number of nitrogens with zero attached hydrogens (tertiary/aromatic N) is 1. The SMILES string of the molecule is C[C@H](NC(=O)OC(C)(C)C)C(=O)N[C@@H](Cc1c[nH]cn1)C(=O)O. The summed E-state index contributed by atoms with van der Waals surface area (Å²) in [5.41, 5.74) is -0.186. The minimum Gasteiger partial charge on any atom is -0.480 e. The minimum atomic E-state index is -1.19. The van der Waals surface area contributed by atoms with E-state index in [2.05, 4.69) is 20.6 Å². The first-order chi connectivity index (χ1) is 10.6. The molecule has 0 saturated heterocycles. The Morgan fingerprint density at radius 3 is 2.48 bits per heavy atom. The number of rotatable bonds is 6. The monoisotopic (exact) mass is 326 g/mol. The van der Waals surface area contributed by atoms with Crippen molar-refractivity contribution in [2.45, 2.75) is 51.8 Å². The summed E-state index contributed by atoms with van der Waals surface area (Å²) in [5.74, 6) is -1.82. The molecule has 2 amide bonds. The number of amides is 2. The van der Waals surface area contributed by atoms with Crippen molar-refractivity contribution in [3.8, 4) is 0 Å². The van der Waals surface area contributed by atoms with Gasteiger partial charge in [-0.2, -0.15) is 0 Å². The van der Waals surface area contributed by atoms with E-state index in [-0.39, 0.29) is 6.42 Å². The highest BCUT2D eigenvalue weighted by Gasteiger charge is 2.26. The van der Waals surface area contributed by atoms with Gasteiger partial charge in [0.1, 0.15) is 17.7 Å². The molecule has 1 aromatic rings. The van der Waals surface area contributed by atoms with Gasteiger partial charge in [-0.25, -0.2) is 14.6 Å². The zero-order valence-corrected chi connectivity index (χ0v) is 13.5. The topological polar surface area (TPSA) is 133 Å². The smallest absolute Gasteiger partial charge is 0.408 e. The number of aliphatic carboxylic acids is 1. The Morgan fingerprint density at radius 2 is 2.00 bits per heavy atom. The lowest BCUT2D eigenvalue weighted by Crippen LogP contribution is -2.51. The number of carboxylic acid groups (broad SMARTS) is 1. The van der Waals surface area contributed by atoms with Crippen LogP contribution in [0.25, 0.3) is 0 Å². The molecule has 23 heavy (non-hydrogen) atoms. The third-order valence-electron chi connectivity index (χ3n) is 2.71. The molecule has 0 aliphatic rings. The summed E-state index contributed by atoms with van der Waals surface area (Å²) in [6.45, 7) is 6.53. The fraction of sp³-hybridized carbons (Fsp3) is 0.571. The molecular weight excluding hydrogens is 304 g/mol. The molecule has 1 rings (SSSR count). The van der Waals surface area contributed by atoms with E-state index in [4.69, 9.17) is 4.74 Å². The molecule has 0 fully saturated rings. The predicted molar refractivity (Wildman–Crippen MR) is 80.7 cm³/mol. The van der Waals surface area contributed by atoms with Crippen LogP contribution in [0.15, 0.2) is 12.5 Å². The third-order valence-corrected chi connectivity index (χ3v) is 2.71. The van der Waals surface area contributed by atoms with Gasteiger partial charge >= 0.3 is 12.1 Å². The van der Waals surface area contributed by atoms with Crippen molar-refractivity contribution < 1.29 is 24.2 Å². The molecule has 0 aromatic carbocycles. The molecule has 0 saturated carbocycles. The van der Waals surface area contributed by atoms with E-state index in [1.54, 1.807) is 27.0 Å². The molecule has 4 N–H and O–H groups in total. The molecule has 9 nitrogen and oxygen atoms in total. The van der Waals surface area contributed by atoms with Gasteiger partial charge in [-0.1, -0.05) is 0 Å². The molecule has 128 valence electrons. The number of carbonyl (C=O) groups is 3. The van der Waals surface area contributed by atoms with Crippen molar-refractivity contribution in [2.75, 3.05) is 0 Å². The second kappa shape index (κ2) is 7.61. The van der Waals surface area contributed by atoms with Crippen LogP contribution >= 0.6 is 0 Å². The second-order valence-electron chi connectivity index (χ2n) is 6.03. The molecule has 2 atom stereocenters. The molecule has 1 heterocycles. The highest BCUT2D eigenvalue weighted by atomic mass is 16.6. The van der Waals surface area contributed by atoms with Gasteiger partial charge in [-0.15, -0.1) is 0 Å². The van der Waals surface area contributed by atoms with Crippen molar-refractivity contribution in [2.24, 2.45) is 0 Å². The van der Waals surface area contributed by atoms with Crippen LogP contribution in [0.2, 0.25) is 0 Å². The molecule has 0 unspecified atom stereocenters. The van der Waals surface area contributed by atoms with E-state index in [1.807, 2.05) is 0 Å². The van der Waals surface area contributed by atoms with Gasteiger partial charge in [-0.05, 0) is 27.7 Å². The van der Waals surface area contributed by atoms with Crippen LogP contribution in [0.5, 0.6) is 0 Å². The summed E-state index contributed by atoms with van der Waals surface area (Å²) in [6, 6.07) is -2.08. The Bertz CT molecular complexity index is 550. The van der Waals surface area contributed by atoms with Crippen LogP contribution in [0.3, 0.4) is 0 Å². The lowest BCUT2D eigenvalue weighted by atomic mass is 10.1. The van der Waals surface area contributed by atoms with Crippen LogP contribution in [-0.4, -0.2) is 50.7 Å². The lowest BCUT2D eigenvalue weighted by Gasteiger charge is -2.22. The largest absolute Gasteiger partial charge is 0.480 e. The van der Waals surface area contributed by atoms with Crippen molar-refractivity contribution >= 4 is 18.0 Å². The Hall–Kier alpha value is -2.58. The van der Waals surface area contributed by atoms with Gasteiger partial charge in [0.25, 0.3) is 0 Å². The van der Waals surface area contributed by atoms with E-state index in [1.165, 1.54) is 13.3 Å². The van der Waals surface area contributed by atoms with Gasteiger partial charge in [0.15, 0.2) is 0 Å². The molecule has 0 bridgehead atoms. The normalized spacial score (nSPS) is 13.7. The molecule has 0 spiro atoms. The zero-order valence-electron chi connectivity index (χ0n) is 13.5. The number of ether oxygens (including phenoxy) is 1. The second-order valence-corrected chi connectivity index (χ2v) is 6.03. The number of carboxylic acids is 1. The molecule has 1 aromatic heterocycles. The highest BCUT2D eigenvalue weighted by Crippen LogP contribution is 2.07. The number of aromatic amines is 1. The number of hydrogen-bond acceptors (Lipinski definition) is 5. The average molecular weight is 326 g/mol. The number of carbonyl (C=O) groups excluding carboxylic acids is 2. The van der Waals surface area contributed by atoms with E-state index in [9.17, 15) is 19.5 Å². The van der Waals surface area contributed by atoms with Gasteiger partial charge in [-0.3, -0.25) is 4.79 Å². The molecule has 0 radical (unpaired) electrons. The number of nitrogens with one attached hydrogen (secondary N) is 3. The number of H-pyrrole nitrogens is 1. The number of imidazole rings is 1. The van der Waals surface area contributed by atoms with Crippen molar-refractivity contribution in [3.05, 3.63) is 18.2 Å². The summed E-state index contributed by atoms with van der Waals surface area (Å²) in [5, 5.41) is 13.9. The highest BCUT2D eigenvalue weighted by molar-refractivity contribution is 5.89. The fourth-order valence-electron chi connectivity index (χ4n) is 1.66. The Kier molecular flexibility index (Phi) is 6.11. The maximum atomic E-state index is 12.0. The minimum absolute atomic E-state index is 0.0315. The van der Waals surface area contributed by atoms with Crippen molar-refractivity contribution in [1.29, 1.82) is 0 Å². The van der Waals surface area contributed by atoms with Crippen LogP contribution in [0, 0.1) is 0 Å². The number of alkyl carbamates (subject to hydrolysis) is 1. The van der Waals surface area contributed by atoms with E-state index < -0.39 is 35.7 Å². The molecule has 0 aliphatic heterocycles. The molecular formula is C14H22N4O5. The maximum absolute atomic E-state index is 12.0. The number of aromatic nitrogens is 2. The maximum Gasteiger partial charge on any atom is 0.408 e. The van der Waals surface area contributed by atoms with Crippen LogP contribution in [0.4, 0.5) is 4.79 Å². The summed E-state index contributed by atoms with van der Waals surface area (Å²) < 4.78 is 5.04. The van der Waals surface area contributed by atoms with Crippen LogP contribution < -0.4 is 10.6 Å². The first-order valence-corrected chi connectivity index (χ1v) is 7.09. The van der Waals surface area contributed by atoms with Gasteiger partial charge in [0, 0.05) is 12.6 Å². The van der Waals surface area contributed by atoms with Crippen LogP contribution in [0.1, 0.15) is 33.4 Å². The summed E-state index contributed by atoms with van der Waals surface area (Å²) in [7, 11) is 0. The fourth-order valence-corrected chi connectivity index (χ4v) is 1.66. The number of hydrogen-bond donors (Lipinski definition) is 4. The first-order valence-electron chi connectivity index (χ1n) is 7.09. The van der Waals surface area contributed by atoms with Crippen LogP contribution in [-0.2, 0) is 20.7 Å². The standard InChI is InChI=1S/C14H22N4O5/c1-8(17-13(22)23-14(2,3)4)11(19)18-10(12(20)21)5-9-6-15-7-16-9/h6-8,10H,5H2,1-4H3,(H,15,16)(H,17,22)(H,18,19)(H,20,21)/t8-,10-/m0/s1. The van der Waals surface area contributed by atoms with Gasteiger partial charge < -0.3 is 25.5 Å². The third kappa shape index (κ3) is 6.81. The average Bonchev–Trinajstić information content (AvgIpc) is 2.88.